The van der Waals surface area contributed by atoms with Crippen molar-refractivity contribution in [2.45, 2.75) is 38.0 Å². The summed E-state index contributed by atoms with van der Waals surface area (Å²) in [7, 11) is 0. The van der Waals surface area contributed by atoms with Crippen LogP contribution in [0.2, 0.25) is 0 Å². The fourth-order valence-electron chi connectivity index (χ4n) is 2.16. The van der Waals surface area contributed by atoms with E-state index in [4.69, 9.17) is 15.6 Å². The number of aromatic amines is 1. The summed E-state index contributed by atoms with van der Waals surface area (Å²) in [5, 5.41) is 9.06. The third-order valence-corrected chi connectivity index (χ3v) is 3.30. The van der Waals surface area contributed by atoms with Gasteiger partial charge in [-0.15, -0.1) is 0 Å². The maximum atomic E-state index is 11.9. The number of H-pyrrole nitrogens is 1. The second kappa shape index (κ2) is 7.22. The van der Waals surface area contributed by atoms with Crippen molar-refractivity contribution in [3.8, 4) is 11.8 Å². The van der Waals surface area contributed by atoms with Crippen LogP contribution in [0.4, 0.5) is 0 Å². The second-order valence-electron chi connectivity index (χ2n) is 4.88. The molecule has 2 rings (SSSR count). The van der Waals surface area contributed by atoms with Gasteiger partial charge in [-0.05, 0) is 25.8 Å². The molecule has 1 aromatic rings. The fourth-order valence-corrected chi connectivity index (χ4v) is 2.16. The number of nitrogens with zero attached hydrogens (tertiary/aromatic N) is 1. The Kier molecular flexibility index (Phi) is 5.33. The molecular weight excluding hydrogens is 274 g/mol. The van der Waals surface area contributed by atoms with Gasteiger partial charge >= 0.3 is 5.69 Å². The minimum Gasteiger partial charge on any atom is -0.394 e. The number of hydrogen-bond acceptors (Lipinski definition) is 5. The molecule has 0 bridgehead atoms. The molecule has 2 heterocycles. The Labute approximate surface area is 121 Å². The predicted octanol–water partition coefficient (Wildman–Crippen LogP) is -0.703. The minimum absolute atomic E-state index is 0.0830. The summed E-state index contributed by atoms with van der Waals surface area (Å²) >= 11 is 0. The highest BCUT2D eigenvalue weighted by Crippen LogP contribution is 2.26. The van der Waals surface area contributed by atoms with Crippen LogP contribution >= 0.6 is 0 Å². The number of nitrogens with one attached hydrogen (secondary N) is 1. The van der Waals surface area contributed by atoms with Gasteiger partial charge < -0.3 is 15.6 Å². The van der Waals surface area contributed by atoms with Crippen molar-refractivity contribution in [1.82, 2.24) is 9.55 Å². The number of ether oxygens (including phenoxy) is 1. The van der Waals surface area contributed by atoms with Crippen LogP contribution in [0.25, 0.3) is 0 Å². The summed E-state index contributed by atoms with van der Waals surface area (Å²) in [6.07, 6.45) is 3.31. The molecule has 4 N–H and O–H groups in total. The van der Waals surface area contributed by atoms with Crippen LogP contribution in [0, 0.1) is 11.8 Å². The van der Waals surface area contributed by atoms with Crippen molar-refractivity contribution in [2.24, 2.45) is 5.73 Å². The Balaban J connectivity index is 2.24. The second-order valence-corrected chi connectivity index (χ2v) is 4.88. The molecule has 0 unspecified atom stereocenters. The molecule has 0 aromatic carbocycles. The topological polar surface area (TPSA) is 110 Å². The molecule has 1 aromatic heterocycles. The molecule has 1 aliphatic heterocycles. The largest absolute Gasteiger partial charge is 0.394 e. The Morgan fingerprint density at radius 2 is 2.29 bits per heavy atom. The minimum atomic E-state index is -0.531. The zero-order chi connectivity index (χ0) is 15.2. The molecule has 1 aliphatic rings. The molecule has 0 radical (unpaired) electrons. The number of unbranched alkanes of at least 4 members (excludes halogenated alkanes) is 1. The van der Waals surface area contributed by atoms with E-state index in [1.807, 2.05) is 0 Å². The standard InChI is InChI=1S/C14H19N3O4/c15-7-3-1-2-4-10-8-17(14(20)16-13(10)19)12-6-5-11(9-18)21-12/h8,11-12,18H,1,3,5-7,9,15H2,(H,16,19,20)/t11-,12+/m0/s1. The van der Waals surface area contributed by atoms with E-state index in [2.05, 4.69) is 16.8 Å². The SMILES string of the molecule is NCCCC#Cc1cn([C@H]2CC[C@@H](CO)O2)c(=O)[nH]c1=O. The van der Waals surface area contributed by atoms with Gasteiger partial charge in [0, 0.05) is 12.6 Å². The third kappa shape index (κ3) is 3.82. The zero-order valence-electron chi connectivity index (χ0n) is 11.7. The van der Waals surface area contributed by atoms with Gasteiger partial charge in [-0.1, -0.05) is 11.8 Å². The van der Waals surface area contributed by atoms with Crippen LogP contribution in [0.15, 0.2) is 15.8 Å². The van der Waals surface area contributed by atoms with Crippen molar-refractivity contribution in [2.75, 3.05) is 13.2 Å². The van der Waals surface area contributed by atoms with Crippen molar-refractivity contribution < 1.29 is 9.84 Å². The van der Waals surface area contributed by atoms with Gasteiger partial charge in [0.1, 0.15) is 11.8 Å². The Morgan fingerprint density at radius 1 is 1.48 bits per heavy atom. The Morgan fingerprint density at radius 3 is 2.95 bits per heavy atom. The van der Waals surface area contributed by atoms with Crippen molar-refractivity contribution in [1.29, 1.82) is 0 Å². The monoisotopic (exact) mass is 293 g/mol. The van der Waals surface area contributed by atoms with Gasteiger partial charge in [-0.25, -0.2) is 4.79 Å². The molecule has 0 saturated carbocycles. The number of nitrogens with two attached hydrogens (primary N) is 1. The maximum Gasteiger partial charge on any atom is 0.330 e. The van der Waals surface area contributed by atoms with Gasteiger partial charge in [0.25, 0.3) is 5.56 Å². The number of rotatable bonds is 4. The lowest BCUT2D eigenvalue weighted by molar-refractivity contribution is -0.0246. The molecular formula is C14H19N3O4. The lowest BCUT2D eigenvalue weighted by Gasteiger charge is -2.14. The molecule has 2 atom stereocenters. The highest BCUT2D eigenvalue weighted by atomic mass is 16.5. The number of aliphatic hydroxyl groups excluding tert-OH is 1. The van der Waals surface area contributed by atoms with Crippen LogP contribution in [0.5, 0.6) is 0 Å². The molecule has 1 fully saturated rings. The van der Waals surface area contributed by atoms with E-state index in [1.165, 1.54) is 10.8 Å². The predicted molar refractivity (Wildman–Crippen MR) is 76.7 cm³/mol. The molecule has 7 nitrogen and oxygen atoms in total. The molecule has 7 heteroatoms. The van der Waals surface area contributed by atoms with E-state index < -0.39 is 17.5 Å². The molecule has 0 spiro atoms. The maximum absolute atomic E-state index is 11.9. The van der Waals surface area contributed by atoms with E-state index in [-0.39, 0.29) is 18.3 Å². The molecule has 114 valence electrons. The smallest absolute Gasteiger partial charge is 0.330 e. The Hall–Kier alpha value is -1.88. The Bertz CT molecular complexity index is 653. The molecule has 1 saturated heterocycles. The molecule has 0 aliphatic carbocycles. The summed E-state index contributed by atoms with van der Waals surface area (Å²) in [5.74, 6) is 5.60. The van der Waals surface area contributed by atoms with E-state index in [0.29, 0.717) is 25.8 Å². The number of aliphatic hydroxyl groups is 1. The quantitative estimate of drug-likeness (QED) is 0.502. The highest BCUT2D eigenvalue weighted by molar-refractivity contribution is 5.29. The third-order valence-electron chi connectivity index (χ3n) is 3.30. The fraction of sp³-hybridized carbons (Fsp3) is 0.571. The van der Waals surface area contributed by atoms with Crippen LogP contribution in [-0.2, 0) is 4.74 Å². The first kappa shape index (κ1) is 15.5. The van der Waals surface area contributed by atoms with Crippen LogP contribution in [0.3, 0.4) is 0 Å². The molecule has 0 amide bonds. The normalized spacial score (nSPS) is 21.0. The highest BCUT2D eigenvalue weighted by Gasteiger charge is 2.26. The van der Waals surface area contributed by atoms with Gasteiger partial charge in [0.15, 0.2) is 0 Å². The van der Waals surface area contributed by atoms with Crippen LogP contribution in [0.1, 0.15) is 37.5 Å². The average Bonchev–Trinajstić information content (AvgIpc) is 2.94. The van der Waals surface area contributed by atoms with Gasteiger partial charge in [0.2, 0.25) is 0 Å². The van der Waals surface area contributed by atoms with E-state index in [0.717, 1.165) is 6.42 Å². The van der Waals surface area contributed by atoms with Crippen molar-refractivity contribution in [3.05, 3.63) is 32.6 Å². The number of aromatic nitrogens is 2. The lowest BCUT2D eigenvalue weighted by Crippen LogP contribution is -2.33. The van der Waals surface area contributed by atoms with Crippen molar-refractivity contribution >= 4 is 0 Å². The first-order valence-electron chi connectivity index (χ1n) is 6.96. The van der Waals surface area contributed by atoms with E-state index in [1.54, 1.807) is 0 Å². The van der Waals surface area contributed by atoms with Gasteiger partial charge in [-0.2, -0.15) is 0 Å². The first-order valence-corrected chi connectivity index (χ1v) is 6.96. The van der Waals surface area contributed by atoms with E-state index >= 15 is 0 Å². The first-order chi connectivity index (χ1) is 10.2. The van der Waals surface area contributed by atoms with E-state index in [9.17, 15) is 9.59 Å². The van der Waals surface area contributed by atoms with Crippen molar-refractivity contribution in [3.63, 3.8) is 0 Å². The molecule has 21 heavy (non-hydrogen) atoms. The zero-order valence-corrected chi connectivity index (χ0v) is 11.7. The van der Waals surface area contributed by atoms with Gasteiger partial charge in [-0.3, -0.25) is 14.3 Å². The lowest BCUT2D eigenvalue weighted by atomic mass is 10.2. The summed E-state index contributed by atoms with van der Waals surface area (Å²) in [5.41, 5.74) is 4.56. The number of hydrogen-bond donors (Lipinski definition) is 3. The van der Waals surface area contributed by atoms with Crippen LogP contribution in [-0.4, -0.2) is 33.9 Å². The van der Waals surface area contributed by atoms with Gasteiger partial charge in [0.05, 0.1) is 12.7 Å². The summed E-state index contributed by atoms with van der Waals surface area (Å²) in [6, 6.07) is 0. The van der Waals surface area contributed by atoms with Crippen LogP contribution < -0.4 is 17.0 Å². The summed E-state index contributed by atoms with van der Waals surface area (Å²) in [6.45, 7) is 0.462. The average molecular weight is 293 g/mol. The summed E-state index contributed by atoms with van der Waals surface area (Å²) < 4.78 is 6.86. The summed E-state index contributed by atoms with van der Waals surface area (Å²) in [4.78, 5) is 25.8.